The Morgan fingerprint density at radius 2 is 1.44 bits per heavy atom. The van der Waals surface area contributed by atoms with Gasteiger partial charge in [-0.2, -0.15) is 0 Å². The monoisotopic (exact) mass is 378 g/mol. The van der Waals surface area contributed by atoms with Crippen molar-refractivity contribution in [1.82, 2.24) is 19.7 Å². The Kier molecular flexibility index (Phi) is 6.22. The van der Waals surface area contributed by atoms with Crippen LogP contribution in [0.4, 0.5) is 0 Å². The SMILES string of the molecule is c1ccc(CCSc2nnc(CN3CCCC3)n2Cc2ccccc2)cc1. The van der Waals surface area contributed by atoms with Crippen LogP contribution in [0.1, 0.15) is 29.8 Å². The first-order valence-corrected chi connectivity index (χ1v) is 10.7. The molecule has 2 aromatic carbocycles. The first kappa shape index (κ1) is 18.3. The normalized spacial score (nSPS) is 14.7. The molecule has 3 aromatic rings. The van der Waals surface area contributed by atoms with Gasteiger partial charge in [0.05, 0.1) is 13.1 Å². The number of nitrogens with zero attached hydrogens (tertiary/aromatic N) is 4. The van der Waals surface area contributed by atoms with Crippen LogP contribution in [0.5, 0.6) is 0 Å². The van der Waals surface area contributed by atoms with Gasteiger partial charge in [0, 0.05) is 5.75 Å². The lowest BCUT2D eigenvalue weighted by Gasteiger charge is -2.16. The van der Waals surface area contributed by atoms with Gasteiger partial charge in [-0.25, -0.2) is 0 Å². The standard InChI is InChI=1S/C22H26N4S/c1-3-9-19(10-4-1)13-16-27-22-24-23-21(18-25-14-7-8-15-25)26(22)17-20-11-5-2-6-12-20/h1-6,9-12H,7-8,13-18H2. The molecule has 1 aliphatic rings. The maximum atomic E-state index is 4.55. The second kappa shape index (κ2) is 9.20. The van der Waals surface area contributed by atoms with Crippen molar-refractivity contribution in [3.05, 3.63) is 77.6 Å². The van der Waals surface area contributed by atoms with Crippen LogP contribution >= 0.6 is 11.8 Å². The highest BCUT2D eigenvalue weighted by molar-refractivity contribution is 7.99. The van der Waals surface area contributed by atoms with Crippen LogP contribution in [-0.4, -0.2) is 38.5 Å². The van der Waals surface area contributed by atoms with Crippen LogP contribution < -0.4 is 0 Å². The molecule has 5 heteroatoms. The van der Waals surface area contributed by atoms with Gasteiger partial charge in [0.25, 0.3) is 0 Å². The van der Waals surface area contributed by atoms with E-state index < -0.39 is 0 Å². The summed E-state index contributed by atoms with van der Waals surface area (Å²) in [6.07, 6.45) is 3.64. The smallest absolute Gasteiger partial charge is 0.191 e. The predicted octanol–water partition coefficient (Wildman–Crippen LogP) is 4.26. The molecule has 0 aliphatic carbocycles. The van der Waals surface area contributed by atoms with Crippen molar-refractivity contribution in [2.75, 3.05) is 18.8 Å². The molecular weight excluding hydrogens is 352 g/mol. The number of hydrogen-bond acceptors (Lipinski definition) is 4. The summed E-state index contributed by atoms with van der Waals surface area (Å²) in [6.45, 7) is 4.09. The van der Waals surface area contributed by atoms with Crippen molar-refractivity contribution in [1.29, 1.82) is 0 Å². The maximum Gasteiger partial charge on any atom is 0.191 e. The zero-order chi connectivity index (χ0) is 18.3. The predicted molar refractivity (Wildman–Crippen MR) is 111 cm³/mol. The summed E-state index contributed by atoms with van der Waals surface area (Å²) in [7, 11) is 0. The van der Waals surface area contributed by atoms with E-state index in [0.717, 1.165) is 36.2 Å². The third-order valence-corrected chi connectivity index (χ3v) is 5.97. The average molecular weight is 379 g/mol. The summed E-state index contributed by atoms with van der Waals surface area (Å²) in [5, 5.41) is 10.1. The number of aromatic nitrogens is 3. The summed E-state index contributed by atoms with van der Waals surface area (Å²) in [5.74, 6) is 2.10. The molecule has 4 rings (SSSR count). The number of hydrogen-bond donors (Lipinski definition) is 0. The summed E-state index contributed by atoms with van der Waals surface area (Å²) < 4.78 is 2.31. The molecule has 0 spiro atoms. The van der Waals surface area contributed by atoms with Crippen molar-refractivity contribution in [3.63, 3.8) is 0 Å². The van der Waals surface area contributed by atoms with Gasteiger partial charge in [0.2, 0.25) is 0 Å². The Bertz CT molecular complexity index is 826. The van der Waals surface area contributed by atoms with E-state index in [9.17, 15) is 0 Å². The van der Waals surface area contributed by atoms with Crippen molar-refractivity contribution < 1.29 is 0 Å². The van der Waals surface area contributed by atoms with Gasteiger partial charge in [-0.3, -0.25) is 4.90 Å². The number of thioether (sulfide) groups is 1. The zero-order valence-electron chi connectivity index (χ0n) is 15.6. The van der Waals surface area contributed by atoms with E-state index >= 15 is 0 Å². The molecule has 1 saturated heterocycles. The van der Waals surface area contributed by atoms with Crippen LogP contribution in [0, 0.1) is 0 Å². The van der Waals surface area contributed by atoms with Gasteiger partial charge in [0.1, 0.15) is 5.82 Å². The minimum atomic E-state index is 0.838. The molecule has 1 fully saturated rings. The zero-order valence-corrected chi connectivity index (χ0v) is 16.4. The Hall–Kier alpha value is -2.11. The second-order valence-corrected chi connectivity index (χ2v) is 8.10. The molecule has 0 unspecified atom stereocenters. The van der Waals surface area contributed by atoms with E-state index in [-0.39, 0.29) is 0 Å². The number of likely N-dealkylation sites (tertiary alicyclic amines) is 1. The third kappa shape index (κ3) is 4.99. The van der Waals surface area contributed by atoms with Gasteiger partial charge in [-0.15, -0.1) is 10.2 Å². The first-order chi connectivity index (χ1) is 13.4. The van der Waals surface area contributed by atoms with Crippen LogP contribution in [0.25, 0.3) is 0 Å². The number of benzene rings is 2. The van der Waals surface area contributed by atoms with Gasteiger partial charge in [0.15, 0.2) is 5.16 Å². The van der Waals surface area contributed by atoms with E-state index in [0.29, 0.717) is 0 Å². The fraction of sp³-hybridized carbons (Fsp3) is 0.364. The molecule has 2 heterocycles. The van der Waals surface area contributed by atoms with Crippen LogP contribution in [0.3, 0.4) is 0 Å². The minimum Gasteiger partial charge on any atom is -0.300 e. The van der Waals surface area contributed by atoms with E-state index in [2.05, 4.69) is 80.3 Å². The molecule has 0 saturated carbocycles. The van der Waals surface area contributed by atoms with Crippen LogP contribution in [0.15, 0.2) is 65.8 Å². The summed E-state index contributed by atoms with van der Waals surface area (Å²) in [6, 6.07) is 21.3. The average Bonchev–Trinajstić information content (AvgIpc) is 3.35. The molecule has 0 bridgehead atoms. The number of rotatable bonds is 8. The molecule has 4 nitrogen and oxygen atoms in total. The van der Waals surface area contributed by atoms with Gasteiger partial charge in [-0.05, 0) is 43.5 Å². The Morgan fingerprint density at radius 1 is 0.778 bits per heavy atom. The Labute approximate surface area is 165 Å². The highest BCUT2D eigenvalue weighted by Gasteiger charge is 2.18. The van der Waals surface area contributed by atoms with Crippen LogP contribution in [0.2, 0.25) is 0 Å². The summed E-state index contributed by atoms with van der Waals surface area (Å²) >= 11 is 1.81. The molecule has 27 heavy (non-hydrogen) atoms. The quantitative estimate of drug-likeness (QED) is 0.549. The Balaban J connectivity index is 1.48. The lowest BCUT2D eigenvalue weighted by molar-refractivity contribution is 0.316. The molecule has 0 amide bonds. The van der Waals surface area contributed by atoms with Crippen molar-refractivity contribution >= 4 is 11.8 Å². The second-order valence-electron chi connectivity index (χ2n) is 7.04. The minimum absolute atomic E-state index is 0.838. The van der Waals surface area contributed by atoms with Gasteiger partial charge in [-0.1, -0.05) is 72.4 Å². The van der Waals surface area contributed by atoms with E-state index in [4.69, 9.17) is 0 Å². The molecule has 1 aromatic heterocycles. The molecule has 0 N–H and O–H groups in total. The van der Waals surface area contributed by atoms with E-state index in [1.54, 1.807) is 0 Å². The first-order valence-electron chi connectivity index (χ1n) is 9.73. The van der Waals surface area contributed by atoms with E-state index in [1.807, 2.05) is 11.8 Å². The molecule has 0 atom stereocenters. The summed E-state index contributed by atoms with van der Waals surface area (Å²) in [4.78, 5) is 2.49. The van der Waals surface area contributed by atoms with Crippen molar-refractivity contribution in [2.24, 2.45) is 0 Å². The van der Waals surface area contributed by atoms with Gasteiger partial charge < -0.3 is 4.57 Å². The largest absolute Gasteiger partial charge is 0.300 e. The van der Waals surface area contributed by atoms with Crippen LogP contribution in [-0.2, 0) is 19.5 Å². The third-order valence-electron chi connectivity index (χ3n) is 5.01. The topological polar surface area (TPSA) is 34.0 Å². The molecular formula is C22H26N4S. The van der Waals surface area contributed by atoms with Crippen molar-refractivity contribution in [2.45, 2.75) is 37.5 Å². The molecule has 0 radical (unpaired) electrons. The fourth-order valence-electron chi connectivity index (χ4n) is 3.51. The van der Waals surface area contributed by atoms with E-state index in [1.165, 1.54) is 37.1 Å². The Morgan fingerprint density at radius 3 is 2.15 bits per heavy atom. The lowest BCUT2D eigenvalue weighted by Crippen LogP contribution is -2.21. The highest BCUT2D eigenvalue weighted by Crippen LogP contribution is 2.22. The fourth-order valence-corrected chi connectivity index (χ4v) is 4.46. The highest BCUT2D eigenvalue weighted by atomic mass is 32.2. The summed E-state index contributed by atoms with van der Waals surface area (Å²) in [5.41, 5.74) is 2.67. The number of aryl methyl sites for hydroxylation is 1. The van der Waals surface area contributed by atoms with Crippen molar-refractivity contribution in [3.8, 4) is 0 Å². The van der Waals surface area contributed by atoms with Gasteiger partial charge >= 0.3 is 0 Å². The lowest BCUT2D eigenvalue weighted by atomic mass is 10.2. The molecule has 140 valence electrons. The maximum absolute atomic E-state index is 4.55. The molecule has 1 aliphatic heterocycles.